The van der Waals surface area contributed by atoms with Gasteiger partial charge in [-0.2, -0.15) is 0 Å². The lowest BCUT2D eigenvalue weighted by molar-refractivity contribution is -0.115. The standard InChI is InChI=1S/C16H16Cl2N2O3S/c1-10-3-6-13(9-15(10)24(22,23)19-2)20-16(21)7-11-4-5-12(17)8-14(11)18/h3-6,8-9,19H,7H2,1-2H3,(H,20,21). The first kappa shape index (κ1) is 18.7. The highest BCUT2D eigenvalue weighted by atomic mass is 35.5. The normalized spacial score (nSPS) is 11.3. The summed E-state index contributed by atoms with van der Waals surface area (Å²) in [7, 11) is -2.26. The van der Waals surface area contributed by atoms with Crippen molar-refractivity contribution in [3.8, 4) is 0 Å². The molecule has 0 aromatic heterocycles. The zero-order valence-electron chi connectivity index (χ0n) is 13.1. The van der Waals surface area contributed by atoms with Gasteiger partial charge in [0.2, 0.25) is 15.9 Å². The van der Waals surface area contributed by atoms with Gasteiger partial charge < -0.3 is 5.32 Å². The lowest BCUT2D eigenvalue weighted by Crippen LogP contribution is -2.20. The van der Waals surface area contributed by atoms with Gasteiger partial charge in [-0.25, -0.2) is 13.1 Å². The number of carbonyl (C=O) groups is 1. The molecule has 2 aromatic rings. The van der Waals surface area contributed by atoms with Crippen molar-refractivity contribution in [2.75, 3.05) is 12.4 Å². The number of amides is 1. The molecule has 128 valence electrons. The second-order valence-electron chi connectivity index (χ2n) is 5.15. The number of halogens is 2. The molecule has 0 saturated carbocycles. The summed E-state index contributed by atoms with van der Waals surface area (Å²) in [6.07, 6.45) is 0.0536. The molecule has 1 amide bonds. The third-order valence-corrected chi connectivity index (χ3v) is 5.54. The van der Waals surface area contributed by atoms with Crippen LogP contribution in [0.15, 0.2) is 41.3 Å². The van der Waals surface area contributed by atoms with Crippen LogP contribution < -0.4 is 10.0 Å². The molecule has 8 heteroatoms. The summed E-state index contributed by atoms with van der Waals surface area (Å²) in [4.78, 5) is 12.3. The quantitative estimate of drug-likeness (QED) is 0.826. The summed E-state index contributed by atoms with van der Waals surface area (Å²) < 4.78 is 26.2. The number of sulfonamides is 1. The van der Waals surface area contributed by atoms with Crippen molar-refractivity contribution in [3.63, 3.8) is 0 Å². The van der Waals surface area contributed by atoms with Crippen LogP contribution in [0.5, 0.6) is 0 Å². The Balaban J connectivity index is 2.19. The summed E-state index contributed by atoms with van der Waals surface area (Å²) in [6.45, 7) is 1.68. The largest absolute Gasteiger partial charge is 0.326 e. The highest BCUT2D eigenvalue weighted by Crippen LogP contribution is 2.23. The van der Waals surface area contributed by atoms with E-state index in [9.17, 15) is 13.2 Å². The average Bonchev–Trinajstić information content (AvgIpc) is 2.52. The van der Waals surface area contributed by atoms with Gasteiger partial charge in [-0.15, -0.1) is 0 Å². The minimum atomic E-state index is -3.59. The van der Waals surface area contributed by atoms with Crippen molar-refractivity contribution in [3.05, 3.63) is 57.6 Å². The second-order valence-corrected chi connectivity index (χ2v) is 7.85. The molecular weight excluding hydrogens is 371 g/mol. The van der Waals surface area contributed by atoms with Gasteiger partial charge in [0, 0.05) is 15.7 Å². The molecule has 0 aliphatic carbocycles. The molecule has 24 heavy (non-hydrogen) atoms. The molecule has 0 atom stereocenters. The van der Waals surface area contributed by atoms with Gasteiger partial charge in [0.05, 0.1) is 11.3 Å². The molecule has 2 N–H and O–H groups in total. The van der Waals surface area contributed by atoms with Gasteiger partial charge in [-0.3, -0.25) is 4.79 Å². The number of rotatable bonds is 5. The molecule has 2 aromatic carbocycles. The molecule has 0 fully saturated rings. The van der Waals surface area contributed by atoms with Gasteiger partial charge in [0.25, 0.3) is 0 Å². The van der Waals surface area contributed by atoms with Crippen molar-refractivity contribution in [2.45, 2.75) is 18.2 Å². The van der Waals surface area contributed by atoms with Gasteiger partial charge in [0.15, 0.2) is 0 Å². The molecule has 2 rings (SSSR count). The molecular formula is C16H16Cl2N2O3S. The number of anilines is 1. The van der Waals surface area contributed by atoms with Gasteiger partial charge in [-0.1, -0.05) is 35.3 Å². The van der Waals surface area contributed by atoms with E-state index in [4.69, 9.17) is 23.2 Å². The minimum absolute atomic E-state index is 0.0536. The highest BCUT2D eigenvalue weighted by molar-refractivity contribution is 7.89. The molecule has 0 heterocycles. The van der Waals surface area contributed by atoms with Gasteiger partial charge >= 0.3 is 0 Å². The van der Waals surface area contributed by atoms with Crippen molar-refractivity contribution in [1.29, 1.82) is 0 Å². The fourth-order valence-electron chi connectivity index (χ4n) is 2.12. The van der Waals surface area contributed by atoms with E-state index >= 15 is 0 Å². The number of hydrogen-bond donors (Lipinski definition) is 2. The summed E-state index contributed by atoms with van der Waals surface area (Å²) >= 11 is 11.9. The topological polar surface area (TPSA) is 75.3 Å². The second kappa shape index (κ2) is 7.53. The van der Waals surface area contributed by atoms with Crippen LogP contribution in [0.25, 0.3) is 0 Å². The maximum atomic E-state index is 12.2. The number of hydrogen-bond acceptors (Lipinski definition) is 3. The third-order valence-electron chi connectivity index (χ3n) is 3.40. The van der Waals surface area contributed by atoms with E-state index < -0.39 is 10.0 Å². The van der Waals surface area contributed by atoms with Crippen LogP contribution in [-0.2, 0) is 21.2 Å². The molecule has 5 nitrogen and oxygen atoms in total. The van der Waals surface area contributed by atoms with E-state index in [-0.39, 0.29) is 17.2 Å². The monoisotopic (exact) mass is 386 g/mol. The maximum absolute atomic E-state index is 12.2. The Kier molecular flexibility index (Phi) is 5.87. The van der Waals surface area contributed by atoms with Gasteiger partial charge in [0.1, 0.15) is 0 Å². The van der Waals surface area contributed by atoms with Crippen molar-refractivity contribution in [1.82, 2.24) is 4.72 Å². The fraction of sp³-hybridized carbons (Fsp3) is 0.188. The highest BCUT2D eigenvalue weighted by Gasteiger charge is 2.16. The van der Waals surface area contributed by atoms with Crippen LogP contribution in [0.3, 0.4) is 0 Å². The smallest absolute Gasteiger partial charge is 0.240 e. The summed E-state index contributed by atoms with van der Waals surface area (Å²) in [5.41, 5.74) is 1.61. The van der Waals surface area contributed by atoms with Crippen LogP contribution in [0.1, 0.15) is 11.1 Å². The fourth-order valence-corrected chi connectivity index (χ4v) is 3.59. The molecule has 0 bridgehead atoms. The molecule has 0 spiro atoms. The lowest BCUT2D eigenvalue weighted by Gasteiger charge is -2.11. The number of benzene rings is 2. The Morgan fingerprint density at radius 3 is 2.46 bits per heavy atom. The maximum Gasteiger partial charge on any atom is 0.240 e. The molecule has 0 unspecified atom stereocenters. The van der Waals surface area contributed by atoms with E-state index in [0.717, 1.165) is 0 Å². The predicted octanol–water partition coefficient (Wildman–Crippen LogP) is 3.39. The Hall–Kier alpha value is -1.60. The summed E-state index contributed by atoms with van der Waals surface area (Å²) in [5.74, 6) is -0.309. The van der Waals surface area contributed by atoms with Crippen molar-refractivity contribution >= 4 is 44.8 Å². The molecule has 0 radical (unpaired) electrons. The third kappa shape index (κ3) is 4.48. The van der Waals surface area contributed by atoms with Crippen LogP contribution in [-0.4, -0.2) is 21.4 Å². The summed E-state index contributed by atoms with van der Waals surface area (Å²) in [6, 6.07) is 9.59. The first-order valence-electron chi connectivity index (χ1n) is 7.01. The van der Waals surface area contributed by atoms with Crippen molar-refractivity contribution in [2.24, 2.45) is 0 Å². The zero-order chi connectivity index (χ0) is 17.9. The number of aryl methyl sites for hydroxylation is 1. The van der Waals surface area contributed by atoms with E-state index in [1.165, 1.54) is 13.1 Å². The van der Waals surface area contributed by atoms with Crippen molar-refractivity contribution < 1.29 is 13.2 Å². The van der Waals surface area contributed by atoms with Crippen LogP contribution in [0, 0.1) is 6.92 Å². The first-order chi connectivity index (χ1) is 11.2. The van der Waals surface area contributed by atoms with E-state index in [1.54, 1.807) is 37.3 Å². The molecule has 0 aliphatic heterocycles. The van der Waals surface area contributed by atoms with E-state index in [1.807, 2.05) is 0 Å². The molecule has 0 saturated heterocycles. The predicted molar refractivity (Wildman–Crippen MR) is 96.2 cm³/mol. The number of nitrogens with one attached hydrogen (secondary N) is 2. The van der Waals surface area contributed by atoms with Crippen LogP contribution >= 0.6 is 23.2 Å². The van der Waals surface area contributed by atoms with Crippen LogP contribution in [0.2, 0.25) is 10.0 Å². The van der Waals surface area contributed by atoms with E-state index in [0.29, 0.717) is 26.9 Å². The van der Waals surface area contributed by atoms with Gasteiger partial charge in [-0.05, 0) is 49.4 Å². The Morgan fingerprint density at radius 1 is 1.12 bits per heavy atom. The zero-order valence-corrected chi connectivity index (χ0v) is 15.4. The number of carbonyl (C=O) groups excluding carboxylic acids is 1. The Labute approximate surface area is 151 Å². The molecule has 0 aliphatic rings. The minimum Gasteiger partial charge on any atom is -0.326 e. The lowest BCUT2D eigenvalue weighted by atomic mass is 10.1. The first-order valence-corrected chi connectivity index (χ1v) is 9.25. The Bertz CT molecular complexity index is 883. The Morgan fingerprint density at radius 2 is 1.83 bits per heavy atom. The van der Waals surface area contributed by atoms with Crippen LogP contribution in [0.4, 0.5) is 5.69 Å². The van der Waals surface area contributed by atoms with E-state index in [2.05, 4.69) is 10.0 Å². The SMILES string of the molecule is CNS(=O)(=O)c1cc(NC(=O)Cc2ccc(Cl)cc2Cl)ccc1C. The summed E-state index contributed by atoms with van der Waals surface area (Å²) in [5, 5.41) is 3.57. The average molecular weight is 387 g/mol.